The van der Waals surface area contributed by atoms with Gasteiger partial charge in [-0.3, -0.25) is 9.59 Å². The molecule has 0 bridgehead atoms. The largest absolute Gasteiger partial charge is 0.457 e. The molecule has 0 fully saturated rings. The molecule has 0 heterocycles. The van der Waals surface area contributed by atoms with E-state index in [9.17, 15) is 9.59 Å². The first-order chi connectivity index (χ1) is 8.60. The number of esters is 1. The third-order valence-electron chi connectivity index (χ3n) is 3.12. The molecule has 0 aromatic carbocycles. The minimum atomic E-state index is -0.332. The monoisotopic (exact) mass is 250 g/mol. The van der Waals surface area contributed by atoms with Gasteiger partial charge in [-0.25, -0.2) is 0 Å². The Labute approximate surface area is 109 Å². The second kappa shape index (κ2) is 7.14. The fourth-order valence-electron chi connectivity index (χ4n) is 2.05. The van der Waals surface area contributed by atoms with Crippen LogP contribution in [0.1, 0.15) is 52.9 Å². The van der Waals surface area contributed by atoms with Crippen molar-refractivity contribution < 1.29 is 14.3 Å². The SMILES string of the molecule is CC/C=C\CC1=C(C)[C@@H](OC(=O)CCC)CC1=O. The Hall–Kier alpha value is -1.38. The highest BCUT2D eigenvalue weighted by Gasteiger charge is 2.31. The quantitative estimate of drug-likeness (QED) is 0.536. The van der Waals surface area contributed by atoms with Crippen molar-refractivity contribution in [1.82, 2.24) is 0 Å². The summed E-state index contributed by atoms with van der Waals surface area (Å²) in [6.45, 7) is 5.89. The molecule has 0 saturated heterocycles. The number of carbonyl (C=O) groups is 2. The van der Waals surface area contributed by atoms with Gasteiger partial charge in [-0.05, 0) is 31.8 Å². The third kappa shape index (κ3) is 3.83. The highest BCUT2D eigenvalue weighted by Crippen LogP contribution is 2.28. The molecule has 1 aliphatic carbocycles. The van der Waals surface area contributed by atoms with E-state index in [1.165, 1.54) is 0 Å². The van der Waals surface area contributed by atoms with Crippen LogP contribution in [-0.2, 0) is 14.3 Å². The summed E-state index contributed by atoms with van der Waals surface area (Å²) in [4.78, 5) is 23.3. The number of hydrogen-bond donors (Lipinski definition) is 0. The maximum Gasteiger partial charge on any atom is 0.306 e. The Morgan fingerprint density at radius 1 is 1.39 bits per heavy atom. The van der Waals surface area contributed by atoms with Gasteiger partial charge in [0, 0.05) is 12.0 Å². The van der Waals surface area contributed by atoms with Crippen LogP contribution in [0.4, 0.5) is 0 Å². The molecule has 3 nitrogen and oxygen atoms in total. The lowest BCUT2D eigenvalue weighted by molar-refractivity contribution is -0.147. The molecule has 0 N–H and O–H groups in total. The van der Waals surface area contributed by atoms with Gasteiger partial charge in [0.1, 0.15) is 6.10 Å². The van der Waals surface area contributed by atoms with Crippen LogP contribution in [0.15, 0.2) is 23.3 Å². The van der Waals surface area contributed by atoms with E-state index in [2.05, 4.69) is 6.92 Å². The van der Waals surface area contributed by atoms with Crippen molar-refractivity contribution in [3.63, 3.8) is 0 Å². The zero-order valence-corrected chi connectivity index (χ0v) is 11.5. The van der Waals surface area contributed by atoms with E-state index in [1.807, 2.05) is 26.0 Å². The van der Waals surface area contributed by atoms with Crippen LogP contribution in [0.5, 0.6) is 0 Å². The topological polar surface area (TPSA) is 43.4 Å². The number of carbonyl (C=O) groups excluding carboxylic acids is 2. The molecule has 0 radical (unpaired) electrons. The number of hydrogen-bond acceptors (Lipinski definition) is 3. The van der Waals surface area contributed by atoms with Crippen LogP contribution >= 0.6 is 0 Å². The molecule has 0 aromatic heterocycles. The Morgan fingerprint density at radius 3 is 2.72 bits per heavy atom. The highest BCUT2D eigenvalue weighted by atomic mass is 16.5. The molecule has 0 unspecified atom stereocenters. The van der Waals surface area contributed by atoms with Gasteiger partial charge in [-0.2, -0.15) is 0 Å². The first-order valence-corrected chi connectivity index (χ1v) is 6.67. The van der Waals surface area contributed by atoms with Gasteiger partial charge in [0.05, 0.1) is 6.42 Å². The molecule has 100 valence electrons. The summed E-state index contributed by atoms with van der Waals surface area (Å²) in [6.07, 6.45) is 6.85. The summed E-state index contributed by atoms with van der Waals surface area (Å²) in [5.41, 5.74) is 1.74. The third-order valence-corrected chi connectivity index (χ3v) is 3.12. The molecule has 3 heteroatoms. The van der Waals surface area contributed by atoms with Crippen molar-refractivity contribution >= 4 is 11.8 Å². The van der Waals surface area contributed by atoms with Gasteiger partial charge >= 0.3 is 5.97 Å². The van der Waals surface area contributed by atoms with Crippen molar-refractivity contribution in [2.45, 2.75) is 59.0 Å². The Kier molecular flexibility index (Phi) is 5.83. The average molecular weight is 250 g/mol. The summed E-state index contributed by atoms with van der Waals surface area (Å²) in [7, 11) is 0. The van der Waals surface area contributed by atoms with Gasteiger partial charge in [0.2, 0.25) is 0 Å². The molecular weight excluding hydrogens is 228 g/mol. The van der Waals surface area contributed by atoms with Crippen LogP contribution in [0.25, 0.3) is 0 Å². The maximum atomic E-state index is 11.8. The fraction of sp³-hybridized carbons (Fsp3) is 0.600. The summed E-state index contributed by atoms with van der Waals surface area (Å²) in [6, 6.07) is 0. The first kappa shape index (κ1) is 14.7. The minimum Gasteiger partial charge on any atom is -0.457 e. The number of allylic oxidation sites excluding steroid dienone is 3. The molecule has 1 aliphatic rings. The zero-order valence-electron chi connectivity index (χ0n) is 11.5. The molecule has 0 saturated carbocycles. The highest BCUT2D eigenvalue weighted by molar-refractivity contribution is 6.00. The van der Waals surface area contributed by atoms with Crippen LogP contribution in [0.3, 0.4) is 0 Å². The smallest absolute Gasteiger partial charge is 0.306 e. The molecule has 18 heavy (non-hydrogen) atoms. The van der Waals surface area contributed by atoms with Crippen LogP contribution in [-0.4, -0.2) is 17.9 Å². The predicted octanol–water partition coefficient (Wildman–Crippen LogP) is 3.34. The molecule has 0 amide bonds. The normalized spacial score (nSPS) is 19.9. The van der Waals surface area contributed by atoms with E-state index < -0.39 is 0 Å². The second-order valence-corrected chi connectivity index (χ2v) is 4.60. The molecule has 1 rings (SSSR count). The number of ketones is 1. The van der Waals surface area contributed by atoms with E-state index in [-0.39, 0.29) is 17.9 Å². The maximum absolute atomic E-state index is 11.8. The lowest BCUT2D eigenvalue weighted by Crippen LogP contribution is -2.17. The number of ether oxygens (including phenoxy) is 1. The van der Waals surface area contributed by atoms with Gasteiger partial charge in [0.25, 0.3) is 0 Å². The van der Waals surface area contributed by atoms with Gasteiger partial charge < -0.3 is 4.74 Å². The van der Waals surface area contributed by atoms with E-state index in [0.717, 1.165) is 24.0 Å². The van der Waals surface area contributed by atoms with Crippen LogP contribution in [0.2, 0.25) is 0 Å². The van der Waals surface area contributed by atoms with E-state index in [1.54, 1.807) is 0 Å². The summed E-state index contributed by atoms with van der Waals surface area (Å²) in [5, 5.41) is 0. The average Bonchev–Trinajstić information content (AvgIpc) is 2.57. The Morgan fingerprint density at radius 2 is 2.11 bits per heavy atom. The Balaban J connectivity index is 2.65. The molecule has 0 spiro atoms. The number of Topliss-reactive ketones (excluding diaryl/α,β-unsaturated/α-hetero) is 1. The molecule has 1 atom stereocenters. The fourth-order valence-corrected chi connectivity index (χ4v) is 2.05. The van der Waals surface area contributed by atoms with Crippen molar-refractivity contribution in [1.29, 1.82) is 0 Å². The summed E-state index contributed by atoms with van der Waals surface area (Å²) < 4.78 is 5.33. The zero-order chi connectivity index (χ0) is 13.5. The summed E-state index contributed by atoms with van der Waals surface area (Å²) in [5.74, 6) is -0.0949. The van der Waals surface area contributed by atoms with Crippen molar-refractivity contribution in [3.8, 4) is 0 Å². The van der Waals surface area contributed by atoms with Gasteiger partial charge in [0.15, 0.2) is 5.78 Å². The van der Waals surface area contributed by atoms with Gasteiger partial charge in [-0.1, -0.05) is 26.0 Å². The molecule has 0 aromatic rings. The van der Waals surface area contributed by atoms with E-state index in [0.29, 0.717) is 19.3 Å². The number of rotatable bonds is 6. The first-order valence-electron chi connectivity index (χ1n) is 6.67. The standard InChI is InChI=1S/C15H22O3/c1-4-6-7-9-12-11(3)14(10-13(12)16)18-15(17)8-5-2/h6-7,14H,4-5,8-10H2,1-3H3/b7-6-/t14-/m0/s1. The van der Waals surface area contributed by atoms with Gasteiger partial charge in [-0.15, -0.1) is 0 Å². The summed E-state index contributed by atoms with van der Waals surface area (Å²) >= 11 is 0. The molecular formula is C15H22O3. The van der Waals surface area contributed by atoms with E-state index in [4.69, 9.17) is 4.74 Å². The van der Waals surface area contributed by atoms with Crippen molar-refractivity contribution in [3.05, 3.63) is 23.3 Å². The molecule has 0 aliphatic heterocycles. The Bertz CT molecular complexity index is 377. The lowest BCUT2D eigenvalue weighted by Gasteiger charge is -2.12. The van der Waals surface area contributed by atoms with E-state index >= 15 is 0 Å². The predicted molar refractivity (Wildman–Crippen MR) is 71.2 cm³/mol. The van der Waals surface area contributed by atoms with Crippen molar-refractivity contribution in [2.24, 2.45) is 0 Å². The lowest BCUT2D eigenvalue weighted by atomic mass is 10.1. The minimum absolute atomic E-state index is 0.113. The second-order valence-electron chi connectivity index (χ2n) is 4.60. The van der Waals surface area contributed by atoms with Crippen LogP contribution < -0.4 is 0 Å². The van der Waals surface area contributed by atoms with Crippen molar-refractivity contribution in [2.75, 3.05) is 0 Å². The van der Waals surface area contributed by atoms with Crippen LogP contribution in [0, 0.1) is 0 Å².